The summed E-state index contributed by atoms with van der Waals surface area (Å²) in [5, 5.41) is 5.40. The van der Waals surface area contributed by atoms with Gasteiger partial charge in [-0.1, -0.05) is 38.1 Å². The molecule has 0 aliphatic rings. The molecule has 0 fully saturated rings. The Kier molecular flexibility index (Phi) is 4.23. The lowest BCUT2D eigenvalue weighted by Crippen LogP contribution is -1.83. The molecule has 0 heterocycles. The third-order valence-corrected chi connectivity index (χ3v) is 5.16. The molecule has 0 unspecified atom stereocenters. The fraction of sp³-hybridized carbons (Fsp3) is 0.222. The van der Waals surface area contributed by atoms with Gasteiger partial charge in [-0.05, 0) is 57.3 Å². The van der Waals surface area contributed by atoms with Gasteiger partial charge >= 0.3 is 0 Å². The molecule has 102 valence electrons. The molecular weight excluding hydrogens is 280 g/mol. The number of rotatable bonds is 4. The third kappa shape index (κ3) is 2.68. The van der Waals surface area contributed by atoms with Crippen LogP contribution >= 0.6 is 23.5 Å². The largest absolute Gasteiger partial charge is 0.126 e. The molecule has 0 aliphatic carbocycles. The van der Waals surface area contributed by atoms with E-state index in [9.17, 15) is 0 Å². The van der Waals surface area contributed by atoms with Gasteiger partial charge in [0, 0.05) is 9.79 Å². The maximum atomic E-state index is 2.35. The zero-order chi connectivity index (χ0) is 13.9. The molecule has 20 heavy (non-hydrogen) atoms. The summed E-state index contributed by atoms with van der Waals surface area (Å²) in [6, 6.07) is 18.0. The molecule has 0 radical (unpaired) electrons. The van der Waals surface area contributed by atoms with Crippen LogP contribution in [0.4, 0.5) is 0 Å². The van der Waals surface area contributed by atoms with Crippen LogP contribution in [0.2, 0.25) is 0 Å². The SMILES string of the molecule is CCSc1cc(SCC)c2cc3ccccc3cc2c1. The number of benzene rings is 3. The van der Waals surface area contributed by atoms with Crippen LogP contribution in [0, 0.1) is 0 Å². The summed E-state index contributed by atoms with van der Waals surface area (Å²) in [5.74, 6) is 2.23. The highest BCUT2D eigenvalue weighted by Crippen LogP contribution is 2.35. The van der Waals surface area contributed by atoms with E-state index in [-0.39, 0.29) is 0 Å². The zero-order valence-corrected chi connectivity index (χ0v) is 13.5. The average Bonchev–Trinajstić information content (AvgIpc) is 2.46. The minimum Gasteiger partial charge on any atom is -0.126 e. The fourth-order valence-electron chi connectivity index (χ4n) is 2.52. The normalized spacial score (nSPS) is 11.3. The van der Waals surface area contributed by atoms with Crippen molar-refractivity contribution in [2.75, 3.05) is 11.5 Å². The first-order valence-corrected chi connectivity index (χ1v) is 9.01. The molecule has 3 rings (SSSR count). The Labute approximate surface area is 129 Å². The summed E-state index contributed by atoms with van der Waals surface area (Å²) < 4.78 is 0. The quantitative estimate of drug-likeness (QED) is 0.414. The highest BCUT2D eigenvalue weighted by Gasteiger charge is 2.06. The first kappa shape index (κ1) is 13.8. The molecule has 3 aromatic rings. The summed E-state index contributed by atoms with van der Waals surface area (Å²) in [6.45, 7) is 4.43. The molecule has 0 atom stereocenters. The monoisotopic (exact) mass is 298 g/mol. The van der Waals surface area contributed by atoms with Crippen molar-refractivity contribution in [1.29, 1.82) is 0 Å². The van der Waals surface area contributed by atoms with Gasteiger partial charge in [0.05, 0.1) is 0 Å². The van der Waals surface area contributed by atoms with Crippen LogP contribution in [0.15, 0.2) is 58.3 Å². The van der Waals surface area contributed by atoms with Crippen molar-refractivity contribution in [3.05, 3.63) is 48.5 Å². The van der Waals surface area contributed by atoms with E-state index in [2.05, 4.69) is 62.4 Å². The predicted octanol–water partition coefficient (Wildman–Crippen LogP) is 6.22. The van der Waals surface area contributed by atoms with E-state index in [1.54, 1.807) is 0 Å². The van der Waals surface area contributed by atoms with Crippen LogP contribution in [0.3, 0.4) is 0 Å². The molecule has 0 bridgehead atoms. The molecule has 3 aromatic carbocycles. The molecule has 0 aliphatic heterocycles. The van der Waals surface area contributed by atoms with E-state index in [4.69, 9.17) is 0 Å². The van der Waals surface area contributed by atoms with Gasteiger partial charge in [-0.25, -0.2) is 0 Å². The van der Waals surface area contributed by atoms with Gasteiger partial charge < -0.3 is 0 Å². The van der Waals surface area contributed by atoms with Crippen LogP contribution < -0.4 is 0 Å². The Morgan fingerprint density at radius 3 is 2.15 bits per heavy atom. The molecule has 2 heteroatoms. The third-order valence-electron chi connectivity index (χ3n) is 3.37. The fourth-order valence-corrected chi connectivity index (χ4v) is 4.19. The van der Waals surface area contributed by atoms with Gasteiger partial charge in [0.25, 0.3) is 0 Å². The molecule has 0 nitrogen and oxygen atoms in total. The van der Waals surface area contributed by atoms with Crippen LogP contribution in [-0.2, 0) is 0 Å². The molecule has 0 N–H and O–H groups in total. The van der Waals surface area contributed by atoms with Gasteiger partial charge in [-0.15, -0.1) is 23.5 Å². The maximum absolute atomic E-state index is 2.35. The summed E-state index contributed by atoms with van der Waals surface area (Å²) in [5.41, 5.74) is 0. The topological polar surface area (TPSA) is 0 Å². The van der Waals surface area contributed by atoms with Crippen molar-refractivity contribution in [2.24, 2.45) is 0 Å². The number of hydrogen-bond acceptors (Lipinski definition) is 2. The lowest BCUT2D eigenvalue weighted by molar-refractivity contribution is 1.37. The summed E-state index contributed by atoms with van der Waals surface area (Å²) in [4.78, 5) is 2.79. The van der Waals surface area contributed by atoms with Gasteiger partial charge in [0.15, 0.2) is 0 Å². The minimum absolute atomic E-state index is 1.11. The van der Waals surface area contributed by atoms with E-state index in [1.807, 2.05) is 23.5 Å². The average molecular weight is 298 g/mol. The lowest BCUT2D eigenvalue weighted by atomic mass is 10.0. The van der Waals surface area contributed by atoms with E-state index >= 15 is 0 Å². The highest BCUT2D eigenvalue weighted by molar-refractivity contribution is 8.00. The number of thioether (sulfide) groups is 2. The zero-order valence-electron chi connectivity index (χ0n) is 11.8. The summed E-state index contributed by atoms with van der Waals surface area (Å²) >= 11 is 3.86. The molecule has 0 spiro atoms. The number of hydrogen-bond donors (Lipinski definition) is 0. The van der Waals surface area contributed by atoms with E-state index in [0.717, 1.165) is 11.5 Å². The van der Waals surface area contributed by atoms with Gasteiger partial charge in [0.2, 0.25) is 0 Å². The van der Waals surface area contributed by atoms with Gasteiger partial charge in [-0.3, -0.25) is 0 Å². The summed E-state index contributed by atoms with van der Waals surface area (Å²) in [7, 11) is 0. The maximum Gasteiger partial charge on any atom is 0.0162 e. The standard InChI is InChI=1S/C18H18S2/c1-3-19-16-10-15-9-13-7-5-6-8-14(13)11-17(15)18(12-16)20-4-2/h5-12H,3-4H2,1-2H3. The lowest BCUT2D eigenvalue weighted by Gasteiger charge is -2.10. The molecule has 0 amide bonds. The molecule has 0 saturated carbocycles. The van der Waals surface area contributed by atoms with Crippen molar-refractivity contribution < 1.29 is 0 Å². The van der Waals surface area contributed by atoms with Crippen LogP contribution in [-0.4, -0.2) is 11.5 Å². The Morgan fingerprint density at radius 1 is 0.750 bits per heavy atom. The molecule has 0 aromatic heterocycles. The van der Waals surface area contributed by atoms with Gasteiger partial charge in [0.1, 0.15) is 0 Å². The first-order valence-electron chi connectivity index (χ1n) is 7.04. The second kappa shape index (κ2) is 6.11. The van der Waals surface area contributed by atoms with Crippen LogP contribution in [0.5, 0.6) is 0 Å². The van der Waals surface area contributed by atoms with Crippen molar-refractivity contribution in [2.45, 2.75) is 23.6 Å². The summed E-state index contributed by atoms with van der Waals surface area (Å²) in [6.07, 6.45) is 0. The smallest absolute Gasteiger partial charge is 0.0162 e. The van der Waals surface area contributed by atoms with Crippen LogP contribution in [0.1, 0.15) is 13.8 Å². The Morgan fingerprint density at radius 2 is 1.45 bits per heavy atom. The Hall–Kier alpha value is -1.12. The predicted molar refractivity (Wildman–Crippen MR) is 94.3 cm³/mol. The van der Waals surface area contributed by atoms with Crippen molar-refractivity contribution in [3.63, 3.8) is 0 Å². The van der Waals surface area contributed by atoms with Crippen LogP contribution in [0.25, 0.3) is 21.5 Å². The van der Waals surface area contributed by atoms with E-state index in [1.165, 1.54) is 31.3 Å². The second-order valence-corrected chi connectivity index (χ2v) is 7.35. The van der Waals surface area contributed by atoms with Crippen molar-refractivity contribution in [3.8, 4) is 0 Å². The van der Waals surface area contributed by atoms with E-state index < -0.39 is 0 Å². The Balaban J connectivity index is 2.28. The molecular formula is C18H18S2. The van der Waals surface area contributed by atoms with Crippen molar-refractivity contribution in [1.82, 2.24) is 0 Å². The highest BCUT2D eigenvalue weighted by atomic mass is 32.2. The Bertz CT molecular complexity index is 747. The second-order valence-electron chi connectivity index (χ2n) is 4.71. The number of fused-ring (bicyclic) bond motifs is 2. The molecule has 0 saturated heterocycles. The van der Waals surface area contributed by atoms with Crippen molar-refractivity contribution >= 4 is 45.1 Å². The van der Waals surface area contributed by atoms with E-state index in [0.29, 0.717) is 0 Å². The minimum atomic E-state index is 1.11. The first-order chi connectivity index (χ1) is 9.81. The van der Waals surface area contributed by atoms with Gasteiger partial charge in [-0.2, -0.15) is 0 Å².